The van der Waals surface area contributed by atoms with Gasteiger partial charge >= 0.3 is 5.97 Å². The van der Waals surface area contributed by atoms with E-state index in [4.69, 9.17) is 11.0 Å². The van der Waals surface area contributed by atoms with E-state index < -0.39 is 11.4 Å². The minimum atomic E-state index is -0.764. The van der Waals surface area contributed by atoms with Gasteiger partial charge in [0.1, 0.15) is 0 Å². The highest BCUT2D eigenvalue weighted by molar-refractivity contribution is 5.74. The number of carboxylic acid groups (broad SMARTS) is 1. The molecule has 0 radical (unpaired) electrons. The molecule has 0 aromatic carbocycles. The van der Waals surface area contributed by atoms with Gasteiger partial charge in [-0.3, -0.25) is 4.79 Å². The van der Waals surface area contributed by atoms with Crippen molar-refractivity contribution in [3.8, 4) is 0 Å². The number of aliphatic carboxylic acids is 1. The molecule has 1 rings (SSSR count). The van der Waals surface area contributed by atoms with Crippen molar-refractivity contribution < 1.29 is 14.7 Å². The van der Waals surface area contributed by atoms with Crippen LogP contribution in [0.2, 0.25) is 0 Å². The molecular formula is C9H17NO3. The van der Waals surface area contributed by atoms with E-state index in [1.54, 1.807) is 0 Å². The van der Waals surface area contributed by atoms with Gasteiger partial charge in [-0.2, -0.15) is 0 Å². The Labute approximate surface area is 78.0 Å². The highest BCUT2D eigenvalue weighted by Crippen LogP contribution is 2.35. The van der Waals surface area contributed by atoms with E-state index in [1.165, 1.54) is 0 Å². The summed E-state index contributed by atoms with van der Waals surface area (Å²) < 4.78 is 0. The molecule has 1 aliphatic carbocycles. The molecule has 13 heavy (non-hydrogen) atoms. The van der Waals surface area contributed by atoms with E-state index in [9.17, 15) is 4.79 Å². The summed E-state index contributed by atoms with van der Waals surface area (Å²) in [6.07, 6.45) is 5.57. The van der Waals surface area contributed by atoms with Crippen LogP contribution in [0.3, 0.4) is 0 Å². The molecule has 1 aliphatic rings. The molecule has 0 amide bonds. The van der Waals surface area contributed by atoms with Crippen molar-refractivity contribution in [2.45, 2.75) is 38.5 Å². The first-order chi connectivity index (χ1) is 6.21. The van der Waals surface area contributed by atoms with Gasteiger partial charge in [0.2, 0.25) is 0 Å². The van der Waals surface area contributed by atoms with Gasteiger partial charge in [0, 0.05) is 0 Å². The molecule has 1 fully saturated rings. The fourth-order valence-corrected chi connectivity index (χ4v) is 1.98. The molecule has 76 valence electrons. The Bertz CT molecular complexity index is 174. The summed E-state index contributed by atoms with van der Waals surface area (Å²) in [5, 5.41) is 9.11. The van der Waals surface area contributed by atoms with E-state index >= 15 is 0 Å². The van der Waals surface area contributed by atoms with E-state index in [0.717, 1.165) is 25.7 Å². The Morgan fingerprint density at radius 1 is 1.31 bits per heavy atom. The number of carboxylic acids is 1. The zero-order chi connectivity index (χ0) is 9.73. The lowest BCUT2D eigenvalue weighted by Gasteiger charge is -2.26. The molecule has 0 aliphatic heterocycles. The van der Waals surface area contributed by atoms with Crippen molar-refractivity contribution >= 4 is 5.97 Å². The van der Waals surface area contributed by atoms with E-state index in [-0.39, 0.29) is 6.61 Å². The molecule has 4 nitrogen and oxygen atoms in total. The van der Waals surface area contributed by atoms with E-state index in [2.05, 4.69) is 4.84 Å². The number of hydrogen-bond donors (Lipinski definition) is 2. The van der Waals surface area contributed by atoms with Gasteiger partial charge in [0.25, 0.3) is 0 Å². The molecule has 0 aromatic heterocycles. The van der Waals surface area contributed by atoms with Crippen LogP contribution in [-0.2, 0) is 9.63 Å². The lowest BCUT2D eigenvalue weighted by molar-refractivity contribution is -0.154. The summed E-state index contributed by atoms with van der Waals surface area (Å²) in [6, 6.07) is 0. The molecular weight excluding hydrogens is 170 g/mol. The number of hydrogen-bond acceptors (Lipinski definition) is 3. The van der Waals surface area contributed by atoms with Crippen LogP contribution >= 0.6 is 0 Å². The topological polar surface area (TPSA) is 72.5 Å². The maximum absolute atomic E-state index is 11.1. The molecule has 3 N–H and O–H groups in total. The van der Waals surface area contributed by atoms with Gasteiger partial charge in [0.15, 0.2) is 0 Å². The Balaban J connectivity index is 2.67. The molecule has 0 saturated heterocycles. The zero-order valence-corrected chi connectivity index (χ0v) is 7.79. The van der Waals surface area contributed by atoms with Crippen LogP contribution in [0.25, 0.3) is 0 Å². The van der Waals surface area contributed by atoms with Gasteiger partial charge < -0.3 is 9.94 Å². The van der Waals surface area contributed by atoms with Crippen LogP contribution in [0.1, 0.15) is 38.5 Å². The van der Waals surface area contributed by atoms with Gasteiger partial charge in [-0.1, -0.05) is 25.7 Å². The molecule has 0 aromatic rings. The first-order valence-electron chi connectivity index (χ1n) is 4.76. The summed E-state index contributed by atoms with van der Waals surface area (Å²) in [6.45, 7) is 0.141. The van der Waals surface area contributed by atoms with Gasteiger partial charge in [-0.05, 0) is 12.8 Å². The first kappa shape index (κ1) is 10.5. The minimum absolute atomic E-state index is 0.141. The highest BCUT2D eigenvalue weighted by atomic mass is 16.6. The first-order valence-corrected chi connectivity index (χ1v) is 4.76. The summed E-state index contributed by atoms with van der Waals surface area (Å²) in [5.74, 6) is 4.21. The predicted molar refractivity (Wildman–Crippen MR) is 47.9 cm³/mol. The highest BCUT2D eigenvalue weighted by Gasteiger charge is 2.38. The second-order valence-electron chi connectivity index (χ2n) is 3.81. The summed E-state index contributed by atoms with van der Waals surface area (Å²) in [7, 11) is 0. The van der Waals surface area contributed by atoms with Crippen LogP contribution in [0, 0.1) is 5.41 Å². The molecule has 0 unspecified atom stereocenters. The third-order valence-electron chi connectivity index (χ3n) is 2.87. The van der Waals surface area contributed by atoms with Crippen molar-refractivity contribution in [2.24, 2.45) is 11.3 Å². The van der Waals surface area contributed by atoms with Crippen LogP contribution < -0.4 is 5.90 Å². The molecule has 0 heterocycles. The minimum Gasteiger partial charge on any atom is -0.481 e. The Morgan fingerprint density at radius 2 is 1.85 bits per heavy atom. The lowest BCUT2D eigenvalue weighted by atomic mass is 9.81. The lowest BCUT2D eigenvalue weighted by Crippen LogP contribution is -2.36. The normalized spacial score (nSPS) is 22.2. The molecule has 1 saturated carbocycles. The van der Waals surface area contributed by atoms with E-state index in [1.807, 2.05) is 0 Å². The van der Waals surface area contributed by atoms with Crippen molar-refractivity contribution in [3.05, 3.63) is 0 Å². The van der Waals surface area contributed by atoms with Crippen molar-refractivity contribution in [1.29, 1.82) is 0 Å². The number of carbonyl (C=O) groups is 1. The number of nitrogens with two attached hydrogens (primary N) is 1. The second kappa shape index (κ2) is 4.58. The third kappa shape index (κ3) is 2.42. The fraction of sp³-hybridized carbons (Fsp3) is 0.889. The largest absolute Gasteiger partial charge is 0.481 e. The van der Waals surface area contributed by atoms with Gasteiger partial charge in [-0.15, -0.1) is 0 Å². The Morgan fingerprint density at radius 3 is 2.23 bits per heavy atom. The van der Waals surface area contributed by atoms with Crippen LogP contribution in [0.15, 0.2) is 0 Å². The van der Waals surface area contributed by atoms with Crippen LogP contribution in [0.4, 0.5) is 0 Å². The van der Waals surface area contributed by atoms with E-state index in [0.29, 0.717) is 12.8 Å². The molecule has 0 bridgehead atoms. The Hall–Kier alpha value is -0.610. The summed E-state index contributed by atoms with van der Waals surface area (Å²) in [4.78, 5) is 15.6. The number of rotatable bonds is 3. The fourth-order valence-electron chi connectivity index (χ4n) is 1.98. The maximum atomic E-state index is 11.1. The molecule has 4 heteroatoms. The van der Waals surface area contributed by atoms with Gasteiger partial charge in [-0.25, -0.2) is 5.90 Å². The molecule has 0 spiro atoms. The quantitative estimate of drug-likeness (QED) is 0.516. The summed E-state index contributed by atoms with van der Waals surface area (Å²) in [5.41, 5.74) is -0.717. The van der Waals surface area contributed by atoms with Crippen molar-refractivity contribution in [1.82, 2.24) is 0 Å². The Kier molecular flexibility index (Phi) is 3.69. The van der Waals surface area contributed by atoms with Crippen molar-refractivity contribution in [3.63, 3.8) is 0 Å². The average Bonchev–Trinajstić information content (AvgIpc) is 2.31. The zero-order valence-electron chi connectivity index (χ0n) is 7.79. The van der Waals surface area contributed by atoms with Crippen LogP contribution in [-0.4, -0.2) is 17.7 Å². The standard InChI is InChI=1S/C9H17NO3/c10-13-7-9(8(11)12)5-3-1-2-4-6-9/h1-7,10H2,(H,11,12). The summed E-state index contributed by atoms with van der Waals surface area (Å²) >= 11 is 0. The third-order valence-corrected chi connectivity index (χ3v) is 2.87. The molecule has 0 atom stereocenters. The smallest absolute Gasteiger partial charge is 0.312 e. The maximum Gasteiger partial charge on any atom is 0.312 e. The van der Waals surface area contributed by atoms with Gasteiger partial charge in [0.05, 0.1) is 12.0 Å². The monoisotopic (exact) mass is 187 g/mol. The SMILES string of the molecule is NOCC1(C(=O)O)CCCCCC1. The average molecular weight is 187 g/mol. The predicted octanol–water partition coefficient (Wildman–Crippen LogP) is 1.30. The van der Waals surface area contributed by atoms with Crippen molar-refractivity contribution in [2.75, 3.05) is 6.61 Å². The second-order valence-corrected chi connectivity index (χ2v) is 3.81. The van der Waals surface area contributed by atoms with Crippen LogP contribution in [0.5, 0.6) is 0 Å².